The molecule has 0 bridgehead atoms. The van der Waals surface area contributed by atoms with Crippen LogP contribution < -0.4 is 5.73 Å². The SMILES string of the molecule is C=C/C(=C\C(N=C(N)/C(C)=C/N=C(C)/C=C\C(=C/C)N1CC2(COC2)C1)C(C)C(F)F)c1ccc(C2CC2)cn1.CC. The number of aliphatic imine (C=N–C) groups is 2. The van der Waals surface area contributed by atoms with Gasteiger partial charge in [-0.2, -0.15) is 0 Å². The van der Waals surface area contributed by atoms with E-state index in [1.807, 2.05) is 52.1 Å². The second-order valence-corrected chi connectivity index (χ2v) is 11.3. The number of likely N-dealkylation sites (tertiary alicyclic amines) is 1. The molecule has 42 heavy (non-hydrogen) atoms. The first-order valence-corrected chi connectivity index (χ1v) is 15.0. The van der Waals surface area contributed by atoms with Crippen molar-refractivity contribution in [2.24, 2.45) is 27.1 Å². The number of halogens is 2. The Morgan fingerprint density at radius 3 is 2.38 bits per heavy atom. The monoisotopic (exact) mass is 579 g/mol. The Morgan fingerprint density at radius 1 is 1.19 bits per heavy atom. The maximum Gasteiger partial charge on any atom is 0.243 e. The first-order valence-electron chi connectivity index (χ1n) is 15.0. The van der Waals surface area contributed by atoms with Gasteiger partial charge >= 0.3 is 0 Å². The van der Waals surface area contributed by atoms with Gasteiger partial charge in [0.25, 0.3) is 0 Å². The quantitative estimate of drug-likeness (QED) is 0.160. The van der Waals surface area contributed by atoms with Gasteiger partial charge in [-0.05, 0) is 68.9 Å². The van der Waals surface area contributed by atoms with Gasteiger partial charge in [0.15, 0.2) is 0 Å². The van der Waals surface area contributed by atoms with Gasteiger partial charge in [-0.15, -0.1) is 0 Å². The molecule has 1 aromatic rings. The normalized spacial score (nSPS) is 21.1. The van der Waals surface area contributed by atoms with Crippen LogP contribution in [-0.2, 0) is 4.74 Å². The molecular formula is C34H47F2N5O. The van der Waals surface area contributed by atoms with Gasteiger partial charge in [0.05, 0.1) is 30.4 Å². The van der Waals surface area contributed by atoms with E-state index in [9.17, 15) is 8.78 Å². The molecule has 4 rings (SSSR count). The highest BCUT2D eigenvalue weighted by molar-refractivity contribution is 5.98. The van der Waals surface area contributed by atoms with E-state index in [-0.39, 0.29) is 5.84 Å². The van der Waals surface area contributed by atoms with E-state index in [0.717, 1.165) is 37.7 Å². The molecule has 0 amide bonds. The van der Waals surface area contributed by atoms with Crippen molar-refractivity contribution in [3.8, 4) is 0 Å². The second-order valence-electron chi connectivity index (χ2n) is 11.3. The van der Waals surface area contributed by atoms with Crippen molar-refractivity contribution in [2.45, 2.75) is 72.8 Å². The summed E-state index contributed by atoms with van der Waals surface area (Å²) in [7, 11) is 0. The number of ether oxygens (including phenoxy) is 1. The van der Waals surface area contributed by atoms with E-state index in [1.165, 1.54) is 25.3 Å². The fraction of sp³-hybridized carbons (Fsp3) is 0.500. The minimum atomic E-state index is -2.57. The number of hydrogen-bond acceptors (Lipinski definition) is 5. The van der Waals surface area contributed by atoms with Crippen molar-refractivity contribution in [2.75, 3.05) is 26.3 Å². The van der Waals surface area contributed by atoms with Crippen molar-refractivity contribution in [3.63, 3.8) is 0 Å². The molecule has 2 atom stereocenters. The number of allylic oxidation sites excluding steroid dienone is 5. The van der Waals surface area contributed by atoms with Crippen LogP contribution in [0.25, 0.3) is 5.57 Å². The summed E-state index contributed by atoms with van der Waals surface area (Å²) in [4.78, 5) is 15.9. The minimum Gasteiger partial charge on any atom is -0.384 e. The number of pyridine rings is 1. The summed E-state index contributed by atoms with van der Waals surface area (Å²) in [5, 5.41) is 0. The number of amidine groups is 1. The van der Waals surface area contributed by atoms with Crippen LogP contribution in [0.15, 0.2) is 82.7 Å². The molecule has 6 nitrogen and oxygen atoms in total. The molecule has 2 saturated heterocycles. The van der Waals surface area contributed by atoms with E-state index in [1.54, 1.807) is 25.3 Å². The van der Waals surface area contributed by atoms with Crippen LogP contribution in [0.5, 0.6) is 0 Å². The summed E-state index contributed by atoms with van der Waals surface area (Å²) in [5.74, 6) is -0.296. The molecule has 228 valence electrons. The van der Waals surface area contributed by atoms with E-state index in [2.05, 4.69) is 38.6 Å². The lowest BCUT2D eigenvalue weighted by molar-refractivity contribution is -0.179. The molecule has 1 aliphatic carbocycles. The highest BCUT2D eigenvalue weighted by Crippen LogP contribution is 2.40. The topological polar surface area (TPSA) is 76.1 Å². The van der Waals surface area contributed by atoms with Gasteiger partial charge in [0, 0.05) is 48.4 Å². The summed E-state index contributed by atoms with van der Waals surface area (Å²) < 4.78 is 32.9. The molecule has 0 radical (unpaired) electrons. The van der Waals surface area contributed by atoms with Crippen molar-refractivity contribution in [1.29, 1.82) is 0 Å². The Kier molecular flexibility index (Phi) is 12.0. The van der Waals surface area contributed by atoms with Gasteiger partial charge in [-0.1, -0.05) is 51.6 Å². The zero-order valence-corrected chi connectivity index (χ0v) is 26.0. The number of aromatic nitrogens is 1. The predicted octanol–water partition coefficient (Wildman–Crippen LogP) is 7.34. The van der Waals surface area contributed by atoms with Gasteiger partial charge < -0.3 is 15.4 Å². The molecule has 2 aliphatic heterocycles. The molecule has 1 saturated carbocycles. The third-order valence-corrected chi connectivity index (χ3v) is 7.82. The summed E-state index contributed by atoms with van der Waals surface area (Å²) in [6, 6.07) is 3.10. The number of hydrogen-bond donors (Lipinski definition) is 1. The molecule has 3 fully saturated rings. The molecule has 0 aromatic carbocycles. The zero-order chi connectivity index (χ0) is 30.9. The van der Waals surface area contributed by atoms with Crippen molar-refractivity contribution in [3.05, 3.63) is 84.0 Å². The average molecular weight is 580 g/mol. The zero-order valence-electron chi connectivity index (χ0n) is 26.0. The predicted molar refractivity (Wildman–Crippen MR) is 171 cm³/mol. The first-order chi connectivity index (χ1) is 20.1. The molecule has 3 aliphatic rings. The van der Waals surface area contributed by atoms with E-state index in [0.29, 0.717) is 28.2 Å². The Bertz CT molecular complexity index is 1240. The lowest BCUT2D eigenvalue weighted by atomic mass is 9.77. The summed E-state index contributed by atoms with van der Waals surface area (Å²) in [6.45, 7) is 18.8. The number of alkyl halides is 2. The molecule has 8 heteroatoms. The molecular weight excluding hydrogens is 532 g/mol. The van der Waals surface area contributed by atoms with Crippen LogP contribution in [0.4, 0.5) is 8.78 Å². The standard InChI is InChI=1S/C32H41F2N5O.C2H6/c1-6-24(28-13-11-26(16-37-28)25-9-10-25)14-29(23(5)30(33)34)38-31(35)21(3)15-36-22(4)8-12-27(7-2)39-17-32(18-39)19-40-20-32;1-2/h6-8,11-16,23,25,29-30H,1,9-10,17-20H2,2-5H3,(H2,35,38);1-2H3/b12-8-,21-15+,24-14+,27-7+,36-22+;. The molecule has 1 spiro atoms. The number of nitrogens with zero attached hydrogens (tertiary/aromatic N) is 4. The maximum atomic E-state index is 13.8. The Morgan fingerprint density at radius 2 is 1.88 bits per heavy atom. The van der Waals surface area contributed by atoms with Crippen LogP contribution in [0.3, 0.4) is 0 Å². The minimum absolute atomic E-state index is 0.164. The third kappa shape index (κ3) is 8.57. The van der Waals surface area contributed by atoms with Gasteiger partial charge in [0.2, 0.25) is 6.43 Å². The van der Waals surface area contributed by atoms with Crippen LogP contribution >= 0.6 is 0 Å². The fourth-order valence-electron chi connectivity index (χ4n) is 4.81. The first kappa shape index (κ1) is 33.1. The van der Waals surface area contributed by atoms with E-state index >= 15 is 0 Å². The van der Waals surface area contributed by atoms with E-state index in [4.69, 9.17) is 10.5 Å². The third-order valence-electron chi connectivity index (χ3n) is 7.82. The van der Waals surface area contributed by atoms with Crippen LogP contribution in [0.1, 0.15) is 71.6 Å². The summed E-state index contributed by atoms with van der Waals surface area (Å²) in [5.41, 5.74) is 11.7. The Labute approximate surface area is 250 Å². The van der Waals surface area contributed by atoms with Crippen LogP contribution in [0.2, 0.25) is 0 Å². The lowest BCUT2D eigenvalue weighted by Gasteiger charge is -2.56. The van der Waals surface area contributed by atoms with Gasteiger partial charge in [0.1, 0.15) is 5.84 Å². The largest absolute Gasteiger partial charge is 0.384 e. The van der Waals surface area contributed by atoms with Crippen molar-refractivity contribution >= 4 is 17.1 Å². The smallest absolute Gasteiger partial charge is 0.243 e. The highest BCUT2D eigenvalue weighted by Gasteiger charge is 2.49. The average Bonchev–Trinajstić information content (AvgIpc) is 3.80. The fourth-order valence-corrected chi connectivity index (χ4v) is 4.81. The maximum absolute atomic E-state index is 13.8. The summed E-state index contributed by atoms with van der Waals surface area (Å²) >= 11 is 0. The molecule has 2 N–H and O–H groups in total. The number of rotatable bonds is 12. The Hall–Kier alpha value is -3.39. The van der Waals surface area contributed by atoms with Gasteiger partial charge in [-0.3, -0.25) is 15.0 Å². The van der Waals surface area contributed by atoms with Gasteiger partial charge in [-0.25, -0.2) is 8.78 Å². The van der Waals surface area contributed by atoms with Crippen LogP contribution in [0, 0.1) is 11.3 Å². The van der Waals surface area contributed by atoms with E-state index < -0.39 is 18.4 Å². The molecule has 2 unspecified atom stereocenters. The highest BCUT2D eigenvalue weighted by atomic mass is 19.3. The van der Waals surface area contributed by atoms with Crippen molar-refractivity contribution < 1.29 is 13.5 Å². The summed E-state index contributed by atoms with van der Waals surface area (Å²) in [6.07, 6.45) is 12.7. The second kappa shape index (κ2) is 15.2. The number of nitrogens with two attached hydrogens (primary N) is 1. The molecule has 3 heterocycles. The Balaban J connectivity index is 0.00000237. The molecule has 1 aromatic heterocycles. The van der Waals surface area contributed by atoms with Crippen LogP contribution in [-0.4, -0.2) is 60.2 Å². The van der Waals surface area contributed by atoms with Crippen molar-refractivity contribution in [1.82, 2.24) is 9.88 Å². The lowest BCUT2D eigenvalue weighted by Crippen LogP contribution is -2.65.